The first-order valence-corrected chi connectivity index (χ1v) is 9.51. The summed E-state index contributed by atoms with van der Waals surface area (Å²) in [5.74, 6) is 0.179. The van der Waals surface area contributed by atoms with Crippen molar-refractivity contribution in [3.8, 4) is 0 Å². The van der Waals surface area contributed by atoms with Crippen LogP contribution in [0.25, 0.3) is 11.2 Å². The maximum absolute atomic E-state index is 12.6. The number of aromatic amines is 1. The van der Waals surface area contributed by atoms with Crippen molar-refractivity contribution in [1.29, 1.82) is 0 Å². The van der Waals surface area contributed by atoms with Gasteiger partial charge in [-0.1, -0.05) is 0 Å². The number of alkyl halides is 3. The number of hydrogen-bond donors (Lipinski definition) is 2. The molecule has 0 atom stereocenters. The molecule has 2 N–H and O–H groups in total. The molecule has 4 rings (SSSR count). The largest absolute Gasteiger partial charge is 0.401 e. The predicted octanol–water partition coefficient (Wildman–Crippen LogP) is 2.81. The third-order valence-electron chi connectivity index (χ3n) is 5.73. The molecule has 10 heteroatoms. The van der Waals surface area contributed by atoms with Crippen molar-refractivity contribution >= 4 is 23.6 Å². The van der Waals surface area contributed by atoms with Gasteiger partial charge in [-0.05, 0) is 69.4 Å². The first kappa shape index (κ1) is 21.1. The highest BCUT2D eigenvalue weighted by Crippen LogP contribution is 2.31. The number of pyridine rings is 1. The Labute approximate surface area is 166 Å². The van der Waals surface area contributed by atoms with Gasteiger partial charge in [-0.25, -0.2) is 9.78 Å². The molecule has 4 heterocycles. The Kier molecular flexibility index (Phi) is 6.36. The van der Waals surface area contributed by atoms with Crippen LogP contribution in [-0.2, 0) is 0 Å². The number of rotatable bonds is 3. The Morgan fingerprint density at radius 1 is 1.14 bits per heavy atom. The molecule has 2 aliphatic heterocycles. The van der Waals surface area contributed by atoms with E-state index in [-0.39, 0.29) is 30.1 Å². The summed E-state index contributed by atoms with van der Waals surface area (Å²) in [6.45, 7) is 1.78. The van der Waals surface area contributed by atoms with Crippen LogP contribution in [0.1, 0.15) is 43.2 Å². The van der Waals surface area contributed by atoms with Crippen LogP contribution >= 0.6 is 12.4 Å². The minimum Gasteiger partial charge on any atom is -0.317 e. The summed E-state index contributed by atoms with van der Waals surface area (Å²) in [6.07, 6.45) is 0.745. The van der Waals surface area contributed by atoms with E-state index in [0.29, 0.717) is 31.6 Å². The molecule has 0 saturated carbocycles. The highest BCUT2D eigenvalue weighted by Gasteiger charge is 2.33. The molecule has 0 amide bonds. The van der Waals surface area contributed by atoms with E-state index in [9.17, 15) is 18.0 Å². The zero-order chi connectivity index (χ0) is 19.0. The van der Waals surface area contributed by atoms with E-state index in [1.807, 2.05) is 10.6 Å². The highest BCUT2D eigenvalue weighted by atomic mass is 35.5. The maximum atomic E-state index is 12.6. The topological polar surface area (TPSA) is 66.0 Å². The number of fused-ring (bicyclic) bond motifs is 1. The molecule has 0 bridgehead atoms. The number of piperidine rings is 2. The standard InChI is InChI=1S/C18H24F3N5O.ClH/c19-18(20,21)11-25-7-3-12(4-8-25)13-9-15-16(23-10-13)24-17(27)26(15)14-1-5-22-6-2-14;/h9-10,12,14,22H,1-8,11H2,(H,23,24,27);1H. The fourth-order valence-corrected chi connectivity index (χ4v) is 4.35. The van der Waals surface area contributed by atoms with E-state index >= 15 is 0 Å². The Morgan fingerprint density at radius 3 is 2.46 bits per heavy atom. The van der Waals surface area contributed by atoms with Crippen molar-refractivity contribution in [2.75, 3.05) is 32.7 Å². The van der Waals surface area contributed by atoms with Gasteiger partial charge in [-0.15, -0.1) is 12.4 Å². The first-order chi connectivity index (χ1) is 12.9. The number of hydrogen-bond acceptors (Lipinski definition) is 4. The van der Waals surface area contributed by atoms with Crippen LogP contribution in [0.15, 0.2) is 17.1 Å². The van der Waals surface area contributed by atoms with Crippen LogP contribution in [0.3, 0.4) is 0 Å². The lowest BCUT2D eigenvalue weighted by Gasteiger charge is -2.32. The summed E-state index contributed by atoms with van der Waals surface area (Å²) >= 11 is 0. The Hall–Kier alpha value is -1.58. The van der Waals surface area contributed by atoms with Crippen LogP contribution < -0.4 is 11.0 Å². The second-order valence-corrected chi connectivity index (χ2v) is 7.58. The average Bonchev–Trinajstić information content (AvgIpc) is 2.96. The smallest absolute Gasteiger partial charge is 0.317 e. The van der Waals surface area contributed by atoms with Crippen molar-refractivity contribution in [2.45, 2.75) is 43.8 Å². The predicted molar refractivity (Wildman–Crippen MR) is 103 cm³/mol. The maximum Gasteiger partial charge on any atom is 0.401 e. The lowest BCUT2D eigenvalue weighted by atomic mass is 9.90. The molecule has 28 heavy (non-hydrogen) atoms. The molecule has 0 aliphatic carbocycles. The Balaban J connectivity index is 0.00000225. The number of aromatic nitrogens is 3. The lowest BCUT2D eigenvalue weighted by molar-refractivity contribution is -0.147. The fourth-order valence-electron chi connectivity index (χ4n) is 4.35. The van der Waals surface area contributed by atoms with Crippen LogP contribution in [0.4, 0.5) is 13.2 Å². The van der Waals surface area contributed by atoms with Crippen molar-refractivity contribution in [2.24, 2.45) is 0 Å². The molecule has 2 fully saturated rings. The summed E-state index contributed by atoms with van der Waals surface area (Å²) in [4.78, 5) is 21.2. The molecule has 2 aliphatic rings. The number of imidazole rings is 1. The second kappa shape index (κ2) is 8.42. The van der Waals surface area contributed by atoms with Crippen LogP contribution in [0, 0.1) is 0 Å². The Bertz CT molecular complexity index is 851. The third kappa shape index (κ3) is 4.52. The zero-order valence-electron chi connectivity index (χ0n) is 15.5. The third-order valence-corrected chi connectivity index (χ3v) is 5.73. The molecule has 0 aromatic carbocycles. The summed E-state index contributed by atoms with van der Waals surface area (Å²) in [7, 11) is 0. The van der Waals surface area contributed by atoms with Crippen molar-refractivity contribution in [3.05, 3.63) is 28.3 Å². The van der Waals surface area contributed by atoms with Gasteiger partial charge in [-0.2, -0.15) is 13.2 Å². The van der Waals surface area contributed by atoms with E-state index in [1.165, 1.54) is 4.90 Å². The van der Waals surface area contributed by atoms with Crippen molar-refractivity contribution < 1.29 is 13.2 Å². The number of halogens is 4. The Morgan fingerprint density at radius 2 is 1.82 bits per heavy atom. The summed E-state index contributed by atoms with van der Waals surface area (Å²) < 4.78 is 39.5. The highest BCUT2D eigenvalue weighted by molar-refractivity contribution is 5.85. The summed E-state index contributed by atoms with van der Waals surface area (Å²) in [5.41, 5.74) is 2.26. The monoisotopic (exact) mass is 419 g/mol. The van der Waals surface area contributed by atoms with Gasteiger partial charge in [0, 0.05) is 12.2 Å². The summed E-state index contributed by atoms with van der Waals surface area (Å²) in [5, 5.41) is 3.30. The SMILES string of the molecule is Cl.O=c1[nH]c2ncc(C3CCN(CC(F)(F)F)CC3)cc2n1C1CCNCC1. The van der Waals surface area contributed by atoms with Crippen LogP contribution in [0.2, 0.25) is 0 Å². The number of likely N-dealkylation sites (tertiary alicyclic amines) is 1. The van der Waals surface area contributed by atoms with E-state index in [4.69, 9.17) is 0 Å². The van der Waals surface area contributed by atoms with Crippen LogP contribution in [0.5, 0.6) is 0 Å². The minimum atomic E-state index is -4.15. The molecular formula is C18H25ClF3N5O. The van der Waals surface area contributed by atoms with Crippen molar-refractivity contribution in [1.82, 2.24) is 24.8 Å². The quantitative estimate of drug-likeness (QED) is 0.803. The van der Waals surface area contributed by atoms with Gasteiger partial charge in [0.05, 0.1) is 12.1 Å². The zero-order valence-corrected chi connectivity index (χ0v) is 16.3. The molecule has 6 nitrogen and oxygen atoms in total. The fraction of sp³-hybridized carbons (Fsp3) is 0.667. The minimum absolute atomic E-state index is 0. The van der Waals surface area contributed by atoms with E-state index in [1.54, 1.807) is 6.20 Å². The summed E-state index contributed by atoms with van der Waals surface area (Å²) in [6, 6.07) is 2.16. The number of nitrogens with zero attached hydrogens (tertiary/aromatic N) is 3. The first-order valence-electron chi connectivity index (χ1n) is 9.51. The van der Waals surface area contributed by atoms with E-state index in [0.717, 1.165) is 37.0 Å². The molecule has 2 aromatic heterocycles. The molecular weight excluding hydrogens is 395 g/mol. The van der Waals surface area contributed by atoms with Crippen LogP contribution in [-0.4, -0.2) is 58.3 Å². The molecule has 0 radical (unpaired) electrons. The van der Waals surface area contributed by atoms with Gasteiger partial charge in [0.15, 0.2) is 5.65 Å². The van der Waals surface area contributed by atoms with Gasteiger partial charge >= 0.3 is 11.9 Å². The van der Waals surface area contributed by atoms with Gasteiger partial charge in [0.2, 0.25) is 0 Å². The van der Waals surface area contributed by atoms with E-state index in [2.05, 4.69) is 15.3 Å². The normalized spacial score (nSPS) is 20.4. The molecule has 0 unspecified atom stereocenters. The number of nitrogens with one attached hydrogen (secondary N) is 2. The van der Waals surface area contributed by atoms with E-state index < -0.39 is 12.7 Å². The van der Waals surface area contributed by atoms with Gasteiger partial charge < -0.3 is 5.32 Å². The number of H-pyrrole nitrogens is 1. The second-order valence-electron chi connectivity index (χ2n) is 7.58. The lowest BCUT2D eigenvalue weighted by Crippen LogP contribution is -2.39. The van der Waals surface area contributed by atoms with Gasteiger partial charge in [0.25, 0.3) is 0 Å². The van der Waals surface area contributed by atoms with Gasteiger partial charge in [0.1, 0.15) is 0 Å². The van der Waals surface area contributed by atoms with Crippen molar-refractivity contribution in [3.63, 3.8) is 0 Å². The molecule has 2 aromatic rings. The molecule has 156 valence electrons. The molecule has 2 saturated heterocycles. The average molecular weight is 420 g/mol. The molecule has 0 spiro atoms. The van der Waals surface area contributed by atoms with Gasteiger partial charge in [-0.3, -0.25) is 14.5 Å².